The van der Waals surface area contributed by atoms with Gasteiger partial charge in [-0.2, -0.15) is 29.9 Å². The number of esters is 4. The second kappa shape index (κ2) is 38.9. The molecule has 44 nitrogen and oxygen atoms in total. The van der Waals surface area contributed by atoms with Crippen LogP contribution in [0.4, 0.5) is 17.8 Å². The summed E-state index contributed by atoms with van der Waals surface area (Å²) in [7, 11) is -4.62. The Labute approximate surface area is 613 Å². The van der Waals surface area contributed by atoms with Crippen molar-refractivity contribution in [1.29, 1.82) is 0 Å². The molecule has 0 aromatic carbocycles. The SMILES string of the molecule is CCOC(=O)COP(=O)(N[C@H](C(=O)OC)C(C)C)OC[C@H]1O[C@@H](n2cnc3c(OCC)nc(N)nc32)[C@](C)(O)[C@@H]1O.CCOC(=O)CO[P+](=O)OC[C@H]1O[C@@H](n2cnc3c(OCC)nc(N)nc32)[C@](C)(O)[C@@H]1O.CCOc1nc(N)nc2c1ncn2[C@@H]1O[C@H](CO)[C@@H](O)[C@@]1(C)O.COC(=O)[C@@H](N)C(C)C.Cl. The maximum atomic E-state index is 13.7. The predicted octanol–water partition coefficient (Wildman–Crippen LogP) is -0.248. The predicted molar refractivity (Wildman–Crippen MR) is 370 cm³/mol. The van der Waals surface area contributed by atoms with E-state index in [1.165, 1.54) is 60.6 Å². The highest BCUT2D eigenvalue weighted by atomic mass is 35.5. The van der Waals surface area contributed by atoms with Crippen molar-refractivity contribution in [3.63, 3.8) is 0 Å². The molecule has 0 spiro atoms. The smallest absolute Gasteiger partial charge is 0.476 e. The first-order chi connectivity index (χ1) is 49.4. The molecular formula is C59H95ClN17O27P2+. The van der Waals surface area contributed by atoms with E-state index < -0.39 is 150 Å². The number of aliphatic hydroxyl groups is 7. The number of imidazole rings is 3. The van der Waals surface area contributed by atoms with Crippen LogP contribution in [0.15, 0.2) is 19.0 Å². The van der Waals surface area contributed by atoms with Crippen molar-refractivity contribution < 1.29 is 130 Å². The average Bonchev–Trinajstić information content (AvgIpc) is 1.61. The zero-order valence-corrected chi connectivity index (χ0v) is 63.2. The highest BCUT2D eigenvalue weighted by molar-refractivity contribution is 7.51. The van der Waals surface area contributed by atoms with Crippen molar-refractivity contribution in [3.8, 4) is 17.6 Å². The number of methoxy groups -OCH3 is 2. The van der Waals surface area contributed by atoms with Gasteiger partial charge in [0.15, 0.2) is 58.8 Å². The highest BCUT2D eigenvalue weighted by Gasteiger charge is 2.57. The zero-order valence-electron chi connectivity index (χ0n) is 60.6. The molecular weight excluding hydrogens is 1480 g/mol. The number of halogens is 1. The van der Waals surface area contributed by atoms with Gasteiger partial charge in [-0.1, -0.05) is 27.7 Å². The minimum Gasteiger partial charge on any atom is -0.476 e. The first kappa shape index (κ1) is 88.9. The number of nitrogen functional groups attached to an aromatic ring is 3. The first-order valence-electron chi connectivity index (χ1n) is 32.7. The van der Waals surface area contributed by atoms with E-state index in [1.54, 1.807) is 48.5 Å². The summed E-state index contributed by atoms with van der Waals surface area (Å²) in [5, 5.41) is 76.1. The molecule has 3 aliphatic heterocycles. The number of nitrogens with one attached hydrogen (secondary N) is 1. The Morgan fingerprint density at radius 3 is 1.27 bits per heavy atom. The third-order valence-corrected chi connectivity index (χ3v) is 18.1. The number of nitrogens with zero attached hydrogens (tertiary/aromatic N) is 12. The number of ether oxygens (including phenoxy) is 10. The fourth-order valence-electron chi connectivity index (χ4n) is 10.4. The molecule has 2 unspecified atom stereocenters. The summed E-state index contributed by atoms with van der Waals surface area (Å²) in [6.45, 7) is 18.2. The number of carbonyl (C=O) groups excluding carboxylic acids is 4. The van der Waals surface area contributed by atoms with E-state index in [9.17, 15) is 64.1 Å². The van der Waals surface area contributed by atoms with E-state index >= 15 is 0 Å². The summed E-state index contributed by atoms with van der Waals surface area (Å²) in [6, 6.07) is -1.62. The molecule has 6 aromatic rings. The van der Waals surface area contributed by atoms with E-state index in [2.05, 4.69) is 59.4 Å². The largest absolute Gasteiger partial charge is 0.698 e. The summed E-state index contributed by atoms with van der Waals surface area (Å²) >= 11 is 0. The Morgan fingerprint density at radius 2 is 0.943 bits per heavy atom. The topological polar surface area (TPSA) is 620 Å². The molecule has 9 heterocycles. The minimum absolute atomic E-state index is 0. The fourth-order valence-corrected chi connectivity index (χ4v) is 12.5. The number of hydrogen-bond donors (Lipinski definition) is 12. The lowest BCUT2D eigenvalue weighted by Gasteiger charge is -2.28. The summed E-state index contributed by atoms with van der Waals surface area (Å²) in [5.41, 5.74) is 18.9. The monoisotopic (exact) mass is 1570 g/mol. The van der Waals surface area contributed by atoms with Crippen LogP contribution in [-0.2, 0) is 79.6 Å². The second-order valence-electron chi connectivity index (χ2n) is 24.3. The fraction of sp³-hybridized carbons (Fsp3) is 0.678. The molecule has 3 aliphatic rings. The number of aromatic nitrogens is 12. The van der Waals surface area contributed by atoms with E-state index in [0.717, 1.165) is 7.11 Å². The van der Waals surface area contributed by atoms with Crippen LogP contribution < -0.4 is 42.2 Å². The molecule has 3 fully saturated rings. The van der Waals surface area contributed by atoms with Gasteiger partial charge in [0.05, 0.1) is 79.4 Å². The number of carbonyl (C=O) groups is 4. The number of aliphatic hydroxyl groups excluding tert-OH is 4. The molecule has 0 aliphatic carbocycles. The van der Waals surface area contributed by atoms with Gasteiger partial charge in [-0.05, 0) is 67.2 Å². The molecule has 3 saturated heterocycles. The van der Waals surface area contributed by atoms with Crippen LogP contribution in [0.2, 0.25) is 0 Å². The van der Waals surface area contributed by atoms with Crippen molar-refractivity contribution in [2.45, 2.75) is 167 Å². The zero-order chi connectivity index (χ0) is 78.2. The van der Waals surface area contributed by atoms with E-state index in [-0.39, 0.29) is 103 Å². The summed E-state index contributed by atoms with van der Waals surface area (Å²) < 4.78 is 102. The van der Waals surface area contributed by atoms with Gasteiger partial charge in [0.1, 0.15) is 72.1 Å². The third-order valence-electron chi connectivity index (χ3n) is 15.9. The van der Waals surface area contributed by atoms with Crippen LogP contribution >= 0.6 is 28.4 Å². The molecule has 6 aromatic heterocycles. The van der Waals surface area contributed by atoms with Crippen molar-refractivity contribution in [1.82, 2.24) is 63.6 Å². The van der Waals surface area contributed by atoms with Crippen LogP contribution in [0.1, 0.15) is 102 Å². The van der Waals surface area contributed by atoms with Crippen molar-refractivity contribution >= 4 is 104 Å². The molecule has 47 heteroatoms. The van der Waals surface area contributed by atoms with Gasteiger partial charge in [-0.3, -0.25) is 32.3 Å². The van der Waals surface area contributed by atoms with Gasteiger partial charge in [0, 0.05) is 4.57 Å². The molecule has 594 valence electrons. The normalized spacial score (nSPS) is 25.2. The number of anilines is 3. The van der Waals surface area contributed by atoms with E-state index in [4.69, 9.17) is 78.9 Å². The number of hydrogen-bond acceptors (Lipinski definition) is 40. The lowest BCUT2D eigenvalue weighted by atomic mass is 9.96. The molecule has 9 rings (SSSR count). The van der Waals surface area contributed by atoms with Crippen LogP contribution in [0.5, 0.6) is 17.6 Å². The molecule has 0 amide bonds. The Kier molecular flexibility index (Phi) is 32.6. The lowest BCUT2D eigenvalue weighted by molar-refractivity contribution is -0.146. The number of nitrogens with two attached hydrogens (primary N) is 4. The molecule has 16 N–H and O–H groups in total. The summed E-state index contributed by atoms with van der Waals surface area (Å²) in [5.74, 6) is -2.55. The van der Waals surface area contributed by atoms with Crippen LogP contribution in [0.3, 0.4) is 0 Å². The Bertz CT molecular complexity index is 3970. The standard InChI is InChI=1S/C23H37N6O11P.C17H25N5O9P.C13H19N5O5.C6H13NO2.ClH/c1-7-36-14(30)10-39-41(34,28-15(12(3)4)20(32)35-6)38-9-13-17(31)23(5,33)21(40-13)29-11-25-16-18(29)26-22(24)27-19(16)37-8-2;1-4-27-10(23)7-30-32(26)29-6-9-12(24)17(3,25)15(31-9)22-8-19-11-13(22)20-16(18)21-14(11)28-5-2;1-3-22-10-7-9(16-12(14)17-10)18(5-15-7)11-13(2,21)8(20)6(4-19)23-11;1-4(2)5(7)6(8)9-3;/h11-13,15,17,21,31,33H,7-10H2,1-6H3,(H,28,34)(H2,24,26,27);8-9,12,15,24-25H,4-7H2,1-3H3,(H2,18,20,21);5-6,8,11,19-21H,3-4H2,1-2H3,(H2,14,16,17);4-5H,7H2,1-3H3;1H/q;+1;;;/t13-,15+,17-,21-,23-,41?;9-,12-,15-,17-;6-,8-,11-,13-;5-;/m1110./s1. The van der Waals surface area contributed by atoms with E-state index in [0.29, 0.717) is 29.9 Å². The van der Waals surface area contributed by atoms with Gasteiger partial charge in [0.25, 0.3) is 0 Å². The molecule has 0 saturated carbocycles. The van der Waals surface area contributed by atoms with Crippen molar-refractivity contribution in [3.05, 3.63) is 19.0 Å². The maximum Gasteiger partial charge on any atom is 0.698 e. The Morgan fingerprint density at radius 1 is 0.575 bits per heavy atom. The minimum atomic E-state index is -4.43. The van der Waals surface area contributed by atoms with E-state index in [1.807, 2.05) is 13.8 Å². The Hall–Kier alpha value is -7.69. The molecule has 106 heavy (non-hydrogen) atoms. The van der Waals surface area contributed by atoms with Gasteiger partial charge in [-0.15, -0.1) is 21.5 Å². The maximum absolute atomic E-state index is 13.7. The van der Waals surface area contributed by atoms with Crippen LogP contribution in [0.25, 0.3) is 33.5 Å². The third kappa shape index (κ3) is 21.2. The molecule has 0 bridgehead atoms. The second-order valence-corrected chi connectivity index (χ2v) is 27.1. The van der Waals surface area contributed by atoms with Gasteiger partial charge in [-0.25, -0.2) is 34.2 Å². The molecule has 16 atom stereocenters. The number of fused-ring (bicyclic) bond motifs is 3. The Balaban J connectivity index is 0.000000276. The summed E-state index contributed by atoms with van der Waals surface area (Å²) in [4.78, 5) is 83.1. The van der Waals surface area contributed by atoms with Gasteiger partial charge in [0.2, 0.25) is 42.1 Å². The van der Waals surface area contributed by atoms with Gasteiger partial charge < -0.3 is 106 Å². The van der Waals surface area contributed by atoms with Gasteiger partial charge >= 0.3 is 39.9 Å². The lowest BCUT2D eigenvalue weighted by Crippen LogP contribution is -2.45. The van der Waals surface area contributed by atoms with Crippen LogP contribution in [0, 0.1) is 11.8 Å². The first-order valence-corrected chi connectivity index (χ1v) is 35.4. The van der Waals surface area contributed by atoms with Crippen LogP contribution in [-0.4, -0.2) is 264 Å². The quantitative estimate of drug-likeness (QED) is 0.0157. The van der Waals surface area contributed by atoms with Crippen molar-refractivity contribution in [2.75, 3.05) is 97.5 Å². The highest BCUT2D eigenvalue weighted by Crippen LogP contribution is 2.48. The molecule has 0 radical (unpaired) electrons. The summed E-state index contributed by atoms with van der Waals surface area (Å²) in [6.07, 6.45) is -6.87. The van der Waals surface area contributed by atoms with Crippen molar-refractivity contribution in [2.24, 2.45) is 17.6 Å². The average molecular weight is 1570 g/mol. The number of rotatable bonds is 30.